The van der Waals surface area contributed by atoms with E-state index in [1.807, 2.05) is 0 Å². The fourth-order valence-electron chi connectivity index (χ4n) is 1.33. The smallest absolute Gasteiger partial charge is 0.273 e. The second-order valence-electron chi connectivity index (χ2n) is 3.61. The van der Waals surface area contributed by atoms with E-state index >= 15 is 0 Å². The molecular weight excluding hydrogens is 263 g/mol. The number of amides is 1. The highest BCUT2D eigenvalue weighted by Gasteiger charge is 2.14. The molecular formula is C11H12ClFN2O3. The Morgan fingerprint density at radius 3 is 2.72 bits per heavy atom. The molecule has 1 N–H and O–H groups in total. The number of hydrogen-bond donors (Lipinski definition) is 1. The highest BCUT2D eigenvalue weighted by Crippen LogP contribution is 2.16. The molecule has 0 atom stereocenters. The molecule has 0 spiro atoms. The van der Waals surface area contributed by atoms with E-state index in [2.05, 4.69) is 5.32 Å². The van der Waals surface area contributed by atoms with E-state index in [-0.39, 0.29) is 5.56 Å². The number of carbonyl (C=O) groups excluding carboxylic acids is 1. The van der Waals surface area contributed by atoms with Gasteiger partial charge in [0.05, 0.1) is 11.0 Å². The number of nitrogens with zero attached hydrogens (tertiary/aromatic N) is 1. The Kier molecular flexibility index (Phi) is 5.51. The van der Waals surface area contributed by atoms with Crippen molar-refractivity contribution in [2.45, 2.75) is 12.8 Å². The Balaban J connectivity index is 2.70. The van der Waals surface area contributed by atoms with Gasteiger partial charge in [0, 0.05) is 24.1 Å². The molecule has 0 heterocycles. The molecule has 0 unspecified atom stereocenters. The average molecular weight is 275 g/mol. The summed E-state index contributed by atoms with van der Waals surface area (Å²) >= 11 is 5.47. The number of alkyl halides is 1. The minimum Gasteiger partial charge on any atom is -0.352 e. The van der Waals surface area contributed by atoms with Crippen molar-refractivity contribution in [3.05, 3.63) is 39.7 Å². The first-order valence-corrected chi connectivity index (χ1v) is 5.87. The van der Waals surface area contributed by atoms with Crippen LogP contribution in [0, 0.1) is 15.9 Å². The Morgan fingerprint density at radius 1 is 1.39 bits per heavy atom. The molecule has 1 amide bonds. The fourth-order valence-corrected chi connectivity index (χ4v) is 1.52. The lowest BCUT2D eigenvalue weighted by atomic mass is 10.2. The third kappa shape index (κ3) is 4.29. The van der Waals surface area contributed by atoms with Crippen LogP contribution in [0.4, 0.5) is 10.1 Å². The van der Waals surface area contributed by atoms with Crippen LogP contribution in [0.1, 0.15) is 23.2 Å². The third-order valence-corrected chi connectivity index (χ3v) is 2.47. The molecule has 0 aliphatic rings. The van der Waals surface area contributed by atoms with Crippen molar-refractivity contribution < 1.29 is 14.1 Å². The average Bonchev–Trinajstić information content (AvgIpc) is 2.33. The summed E-state index contributed by atoms with van der Waals surface area (Å²) in [5.74, 6) is -0.844. The number of unbranched alkanes of at least 4 members (excludes halogenated alkanes) is 1. The number of benzene rings is 1. The van der Waals surface area contributed by atoms with Gasteiger partial charge in [0.1, 0.15) is 5.82 Å². The largest absolute Gasteiger partial charge is 0.352 e. The molecule has 0 saturated carbocycles. The lowest BCUT2D eigenvalue weighted by Gasteiger charge is -2.04. The predicted octanol–water partition coefficient (Wildman–Crippen LogP) is 2.48. The lowest BCUT2D eigenvalue weighted by Crippen LogP contribution is -2.24. The molecule has 7 heteroatoms. The summed E-state index contributed by atoms with van der Waals surface area (Å²) in [5.41, 5.74) is -0.506. The molecule has 1 aromatic rings. The van der Waals surface area contributed by atoms with Crippen LogP contribution in [0.5, 0.6) is 0 Å². The first-order valence-electron chi connectivity index (χ1n) is 5.33. The maximum Gasteiger partial charge on any atom is 0.273 e. The molecule has 0 bridgehead atoms. The second-order valence-corrected chi connectivity index (χ2v) is 3.99. The van der Waals surface area contributed by atoms with E-state index < -0.39 is 22.3 Å². The van der Waals surface area contributed by atoms with Crippen molar-refractivity contribution in [3.63, 3.8) is 0 Å². The first-order chi connectivity index (χ1) is 8.54. The molecule has 98 valence electrons. The van der Waals surface area contributed by atoms with Gasteiger partial charge in [-0.15, -0.1) is 11.6 Å². The Labute approximate surface area is 108 Å². The summed E-state index contributed by atoms with van der Waals surface area (Å²) in [6, 6.07) is 2.77. The van der Waals surface area contributed by atoms with E-state index in [1.54, 1.807) is 0 Å². The van der Waals surface area contributed by atoms with Crippen LogP contribution in [0.2, 0.25) is 0 Å². The molecule has 1 rings (SSSR count). The SMILES string of the molecule is O=C(NCCCCCl)c1cc(F)cc([N+](=O)[O-])c1. The zero-order valence-electron chi connectivity index (χ0n) is 9.49. The Bertz CT molecular complexity index is 454. The maximum atomic E-state index is 13.1. The highest BCUT2D eigenvalue weighted by atomic mass is 35.5. The van der Waals surface area contributed by atoms with Crippen molar-refractivity contribution in [2.75, 3.05) is 12.4 Å². The van der Waals surface area contributed by atoms with Crippen LogP contribution >= 0.6 is 11.6 Å². The number of hydrogen-bond acceptors (Lipinski definition) is 3. The monoisotopic (exact) mass is 274 g/mol. The van der Waals surface area contributed by atoms with E-state index in [1.165, 1.54) is 0 Å². The number of nitro benzene ring substituents is 1. The van der Waals surface area contributed by atoms with Gasteiger partial charge in [-0.1, -0.05) is 0 Å². The van der Waals surface area contributed by atoms with Crippen LogP contribution in [0.25, 0.3) is 0 Å². The van der Waals surface area contributed by atoms with Gasteiger partial charge >= 0.3 is 0 Å². The topological polar surface area (TPSA) is 72.2 Å². The fraction of sp³-hybridized carbons (Fsp3) is 0.364. The normalized spacial score (nSPS) is 10.1. The zero-order chi connectivity index (χ0) is 13.5. The molecule has 18 heavy (non-hydrogen) atoms. The van der Waals surface area contributed by atoms with Gasteiger partial charge in [-0.2, -0.15) is 0 Å². The summed E-state index contributed by atoms with van der Waals surface area (Å²) in [7, 11) is 0. The number of non-ortho nitro benzene ring substituents is 1. The number of carbonyl (C=O) groups is 1. The summed E-state index contributed by atoms with van der Waals surface area (Å²) in [6.07, 6.45) is 1.46. The van der Waals surface area contributed by atoms with Gasteiger partial charge in [-0.05, 0) is 18.9 Å². The molecule has 0 saturated heterocycles. The molecule has 0 aliphatic heterocycles. The third-order valence-electron chi connectivity index (χ3n) is 2.20. The van der Waals surface area contributed by atoms with E-state index in [0.717, 1.165) is 24.6 Å². The van der Waals surface area contributed by atoms with Gasteiger partial charge in [-0.3, -0.25) is 14.9 Å². The summed E-state index contributed by atoms with van der Waals surface area (Å²) < 4.78 is 13.1. The van der Waals surface area contributed by atoms with E-state index in [9.17, 15) is 19.3 Å². The summed E-state index contributed by atoms with van der Waals surface area (Å²) in [4.78, 5) is 21.4. The number of nitrogens with one attached hydrogen (secondary N) is 1. The zero-order valence-corrected chi connectivity index (χ0v) is 10.2. The molecule has 0 radical (unpaired) electrons. The number of rotatable bonds is 6. The molecule has 5 nitrogen and oxygen atoms in total. The van der Waals surface area contributed by atoms with Crippen LogP contribution in [-0.2, 0) is 0 Å². The summed E-state index contributed by atoms with van der Waals surface area (Å²) in [6.45, 7) is 0.399. The quantitative estimate of drug-likeness (QED) is 0.375. The lowest BCUT2D eigenvalue weighted by molar-refractivity contribution is -0.385. The Hall–Kier alpha value is -1.69. The van der Waals surface area contributed by atoms with Crippen LogP contribution in [0.15, 0.2) is 18.2 Å². The van der Waals surface area contributed by atoms with Gasteiger partial charge < -0.3 is 5.32 Å². The van der Waals surface area contributed by atoms with Crippen LogP contribution < -0.4 is 5.32 Å². The summed E-state index contributed by atoms with van der Waals surface area (Å²) in [5, 5.41) is 13.1. The minimum atomic E-state index is -0.810. The van der Waals surface area contributed by atoms with Crippen molar-refractivity contribution in [1.29, 1.82) is 0 Å². The van der Waals surface area contributed by atoms with Crippen molar-refractivity contribution in [3.8, 4) is 0 Å². The van der Waals surface area contributed by atoms with E-state index in [4.69, 9.17) is 11.6 Å². The van der Waals surface area contributed by atoms with Gasteiger partial charge in [0.25, 0.3) is 11.6 Å². The van der Waals surface area contributed by atoms with Crippen molar-refractivity contribution in [2.24, 2.45) is 0 Å². The van der Waals surface area contributed by atoms with Gasteiger partial charge in [0.2, 0.25) is 0 Å². The maximum absolute atomic E-state index is 13.1. The Morgan fingerprint density at radius 2 is 2.11 bits per heavy atom. The molecule has 0 aliphatic carbocycles. The predicted molar refractivity (Wildman–Crippen MR) is 65.3 cm³/mol. The van der Waals surface area contributed by atoms with Crippen LogP contribution in [0.3, 0.4) is 0 Å². The molecule has 0 fully saturated rings. The van der Waals surface area contributed by atoms with Crippen molar-refractivity contribution in [1.82, 2.24) is 5.32 Å². The minimum absolute atomic E-state index is 0.0624. The van der Waals surface area contributed by atoms with Crippen molar-refractivity contribution >= 4 is 23.2 Å². The first kappa shape index (κ1) is 14.4. The number of halogens is 2. The highest BCUT2D eigenvalue weighted by molar-refractivity contribution is 6.17. The van der Waals surface area contributed by atoms with Crippen LogP contribution in [-0.4, -0.2) is 23.3 Å². The molecule has 1 aromatic carbocycles. The van der Waals surface area contributed by atoms with Gasteiger partial charge in [-0.25, -0.2) is 4.39 Å². The standard InChI is InChI=1S/C11H12ClFN2O3/c12-3-1-2-4-14-11(16)8-5-9(13)7-10(6-8)15(17)18/h5-7H,1-4H2,(H,14,16). The molecule has 0 aromatic heterocycles. The van der Waals surface area contributed by atoms with E-state index in [0.29, 0.717) is 18.8 Å². The second kappa shape index (κ2) is 6.90. The number of nitro groups is 1. The van der Waals surface area contributed by atoms with Gasteiger partial charge in [0.15, 0.2) is 0 Å².